The van der Waals surface area contributed by atoms with Crippen LogP contribution >= 0.6 is 0 Å². The van der Waals surface area contributed by atoms with E-state index in [9.17, 15) is 0 Å². The third-order valence-corrected chi connectivity index (χ3v) is 5.03. The molecule has 3 heteroatoms. The van der Waals surface area contributed by atoms with Gasteiger partial charge in [-0.05, 0) is 68.6 Å². The summed E-state index contributed by atoms with van der Waals surface area (Å²) in [7, 11) is 0. The summed E-state index contributed by atoms with van der Waals surface area (Å²) < 4.78 is 0. The van der Waals surface area contributed by atoms with Gasteiger partial charge in [0.1, 0.15) is 0 Å². The van der Waals surface area contributed by atoms with Crippen molar-refractivity contribution >= 4 is 5.57 Å². The summed E-state index contributed by atoms with van der Waals surface area (Å²) in [5.41, 5.74) is 8.55. The molecule has 114 valence electrons. The zero-order valence-electron chi connectivity index (χ0n) is 12.8. The van der Waals surface area contributed by atoms with Gasteiger partial charge in [-0.2, -0.15) is 0 Å². The Balaban J connectivity index is 1.48. The molecule has 1 unspecified atom stereocenters. The summed E-state index contributed by atoms with van der Waals surface area (Å²) in [6.07, 6.45) is 13.0. The lowest BCUT2D eigenvalue weighted by Gasteiger charge is -2.29. The molecule has 1 atom stereocenters. The van der Waals surface area contributed by atoms with Gasteiger partial charge in [0, 0.05) is 24.8 Å². The molecule has 1 aromatic rings. The molecule has 0 amide bonds. The number of nitrogens with one attached hydrogen (secondary N) is 1. The molecule has 1 fully saturated rings. The Labute approximate surface area is 128 Å². The average Bonchev–Trinajstić information content (AvgIpc) is 2.55. The second-order valence-electron chi connectivity index (χ2n) is 6.61. The van der Waals surface area contributed by atoms with Gasteiger partial charge in [0.15, 0.2) is 0 Å². The summed E-state index contributed by atoms with van der Waals surface area (Å²) in [6.45, 7) is 0.978. The first kappa shape index (κ1) is 14.7. The molecule has 3 rings (SSSR count). The first-order valence-electron chi connectivity index (χ1n) is 8.40. The highest BCUT2D eigenvalue weighted by atomic mass is 14.9. The highest BCUT2D eigenvalue weighted by molar-refractivity contribution is 5.63. The number of pyridine rings is 1. The van der Waals surface area contributed by atoms with Gasteiger partial charge in [0.05, 0.1) is 5.69 Å². The minimum absolute atomic E-state index is 0.466. The van der Waals surface area contributed by atoms with Gasteiger partial charge in [-0.1, -0.05) is 12.1 Å². The molecule has 1 aromatic heterocycles. The number of nitrogens with zero attached hydrogens (tertiary/aromatic N) is 1. The number of nitrogens with two attached hydrogens (primary N) is 1. The largest absolute Gasteiger partial charge is 0.328 e. The predicted octanol–water partition coefficient (Wildman–Crippen LogP) is 3.12. The fourth-order valence-electron chi connectivity index (χ4n) is 3.65. The standard InChI is InChI=1S/C18H27N3/c19-16-7-4-14(5-8-16)6-9-17-13-15(10-12-20-17)18-3-1-2-11-21-18/h1-3,10-11,14,16-17,20H,4-9,12-13,19H2/t14-,16-,17?. The first-order chi connectivity index (χ1) is 10.3. The molecule has 0 radical (unpaired) electrons. The van der Waals surface area contributed by atoms with Gasteiger partial charge in [-0.3, -0.25) is 4.98 Å². The number of hydrogen-bond donors (Lipinski definition) is 2. The summed E-state index contributed by atoms with van der Waals surface area (Å²) >= 11 is 0. The van der Waals surface area contributed by atoms with Crippen molar-refractivity contribution in [1.82, 2.24) is 10.3 Å². The molecule has 3 nitrogen and oxygen atoms in total. The van der Waals surface area contributed by atoms with Crippen LogP contribution in [0.2, 0.25) is 0 Å². The van der Waals surface area contributed by atoms with Crippen LogP contribution in [0.4, 0.5) is 0 Å². The van der Waals surface area contributed by atoms with Crippen LogP contribution in [0.5, 0.6) is 0 Å². The van der Waals surface area contributed by atoms with Crippen LogP contribution in [0, 0.1) is 5.92 Å². The van der Waals surface area contributed by atoms with E-state index in [0.29, 0.717) is 12.1 Å². The van der Waals surface area contributed by atoms with Crippen molar-refractivity contribution in [2.75, 3.05) is 6.54 Å². The molecule has 0 bridgehead atoms. The molecule has 0 aromatic carbocycles. The smallest absolute Gasteiger partial charge is 0.0659 e. The second-order valence-corrected chi connectivity index (χ2v) is 6.61. The van der Waals surface area contributed by atoms with Crippen LogP contribution in [-0.4, -0.2) is 23.6 Å². The van der Waals surface area contributed by atoms with Crippen LogP contribution < -0.4 is 11.1 Å². The normalized spacial score (nSPS) is 30.0. The van der Waals surface area contributed by atoms with Crippen LogP contribution in [0.1, 0.15) is 50.6 Å². The van der Waals surface area contributed by atoms with Crippen molar-refractivity contribution in [2.24, 2.45) is 11.7 Å². The molecular weight excluding hydrogens is 258 g/mol. The Morgan fingerprint density at radius 2 is 2.00 bits per heavy atom. The molecule has 1 aliphatic heterocycles. The maximum atomic E-state index is 5.99. The second kappa shape index (κ2) is 7.19. The molecule has 2 heterocycles. The van der Waals surface area contributed by atoms with E-state index in [0.717, 1.165) is 24.6 Å². The van der Waals surface area contributed by atoms with E-state index in [4.69, 9.17) is 5.73 Å². The van der Waals surface area contributed by atoms with Gasteiger partial charge < -0.3 is 11.1 Å². The minimum atomic E-state index is 0.466. The third kappa shape index (κ3) is 4.14. The molecule has 0 saturated heterocycles. The molecule has 21 heavy (non-hydrogen) atoms. The number of aromatic nitrogens is 1. The maximum Gasteiger partial charge on any atom is 0.0659 e. The Hall–Kier alpha value is -1.19. The Morgan fingerprint density at radius 1 is 1.14 bits per heavy atom. The molecular formula is C18H27N3. The van der Waals surface area contributed by atoms with Gasteiger partial charge in [0.25, 0.3) is 0 Å². The van der Waals surface area contributed by atoms with Gasteiger partial charge >= 0.3 is 0 Å². The van der Waals surface area contributed by atoms with E-state index >= 15 is 0 Å². The van der Waals surface area contributed by atoms with Crippen molar-refractivity contribution in [1.29, 1.82) is 0 Å². The monoisotopic (exact) mass is 285 g/mol. The van der Waals surface area contributed by atoms with Gasteiger partial charge in [-0.25, -0.2) is 0 Å². The van der Waals surface area contributed by atoms with Gasteiger partial charge in [0.2, 0.25) is 0 Å². The van der Waals surface area contributed by atoms with Crippen molar-refractivity contribution in [3.8, 4) is 0 Å². The van der Waals surface area contributed by atoms with Crippen LogP contribution in [0.15, 0.2) is 30.5 Å². The van der Waals surface area contributed by atoms with E-state index in [1.54, 1.807) is 0 Å². The van der Waals surface area contributed by atoms with Crippen molar-refractivity contribution in [3.05, 3.63) is 36.2 Å². The Kier molecular flexibility index (Phi) is 5.04. The van der Waals surface area contributed by atoms with E-state index in [1.165, 1.54) is 44.1 Å². The Morgan fingerprint density at radius 3 is 2.76 bits per heavy atom. The number of hydrogen-bond acceptors (Lipinski definition) is 3. The summed E-state index contributed by atoms with van der Waals surface area (Å²) in [5, 5.41) is 3.64. The van der Waals surface area contributed by atoms with Crippen LogP contribution in [0.25, 0.3) is 5.57 Å². The lowest BCUT2D eigenvalue weighted by Crippen LogP contribution is -2.34. The van der Waals surface area contributed by atoms with Crippen molar-refractivity contribution in [2.45, 2.75) is 57.0 Å². The molecule has 0 spiro atoms. The molecule has 1 saturated carbocycles. The Bertz CT molecular complexity index is 461. The lowest BCUT2D eigenvalue weighted by atomic mass is 9.82. The van der Waals surface area contributed by atoms with E-state index < -0.39 is 0 Å². The number of rotatable bonds is 4. The maximum absolute atomic E-state index is 5.99. The van der Waals surface area contributed by atoms with Crippen molar-refractivity contribution < 1.29 is 0 Å². The molecule has 3 N–H and O–H groups in total. The van der Waals surface area contributed by atoms with E-state index in [-0.39, 0.29) is 0 Å². The quantitative estimate of drug-likeness (QED) is 0.893. The first-order valence-corrected chi connectivity index (χ1v) is 8.40. The summed E-state index contributed by atoms with van der Waals surface area (Å²) in [6, 6.07) is 7.26. The topological polar surface area (TPSA) is 50.9 Å². The zero-order valence-corrected chi connectivity index (χ0v) is 12.8. The lowest BCUT2D eigenvalue weighted by molar-refractivity contribution is 0.292. The zero-order chi connectivity index (χ0) is 14.5. The van der Waals surface area contributed by atoms with Gasteiger partial charge in [-0.15, -0.1) is 0 Å². The predicted molar refractivity (Wildman–Crippen MR) is 87.8 cm³/mol. The minimum Gasteiger partial charge on any atom is -0.328 e. The highest BCUT2D eigenvalue weighted by Crippen LogP contribution is 2.29. The van der Waals surface area contributed by atoms with E-state index in [2.05, 4.69) is 28.5 Å². The van der Waals surface area contributed by atoms with Crippen LogP contribution in [-0.2, 0) is 0 Å². The van der Waals surface area contributed by atoms with Crippen molar-refractivity contribution in [3.63, 3.8) is 0 Å². The molecule has 2 aliphatic rings. The fourth-order valence-corrected chi connectivity index (χ4v) is 3.65. The molecule has 1 aliphatic carbocycles. The van der Waals surface area contributed by atoms with Crippen LogP contribution in [0.3, 0.4) is 0 Å². The average molecular weight is 285 g/mol. The summed E-state index contributed by atoms with van der Waals surface area (Å²) in [5.74, 6) is 0.899. The fraction of sp³-hybridized carbons (Fsp3) is 0.611. The SMILES string of the molecule is N[C@H]1CC[C@H](CCC2CC(c3ccccn3)=CCN2)CC1. The third-order valence-electron chi connectivity index (χ3n) is 5.03. The highest BCUT2D eigenvalue weighted by Gasteiger charge is 2.21. The van der Waals surface area contributed by atoms with E-state index in [1.807, 2.05) is 12.3 Å². The summed E-state index contributed by atoms with van der Waals surface area (Å²) in [4.78, 5) is 4.49.